The Kier molecular flexibility index (Phi) is 8.00. The molecular weight excluding hydrogens is 276 g/mol. The van der Waals surface area contributed by atoms with Gasteiger partial charge in [-0.2, -0.15) is 0 Å². The first kappa shape index (κ1) is 17.8. The van der Waals surface area contributed by atoms with Crippen molar-refractivity contribution in [1.29, 1.82) is 0 Å². The van der Waals surface area contributed by atoms with Gasteiger partial charge < -0.3 is 0 Å². The summed E-state index contributed by atoms with van der Waals surface area (Å²) in [5.41, 5.74) is 0. The van der Waals surface area contributed by atoms with E-state index in [0.717, 1.165) is 12.7 Å². The summed E-state index contributed by atoms with van der Waals surface area (Å²) in [5, 5.41) is 0. The Bertz CT molecular complexity index is 417. The second kappa shape index (κ2) is 8.08. The van der Waals surface area contributed by atoms with Gasteiger partial charge in [-0.1, -0.05) is 20.3 Å². The van der Waals surface area contributed by atoms with E-state index in [4.69, 9.17) is 0 Å². The minimum absolute atomic E-state index is 0.0934. The topological polar surface area (TPSA) is 83.6 Å². The van der Waals surface area contributed by atoms with Gasteiger partial charge in [0, 0.05) is 19.6 Å². The average Bonchev–Trinajstić information content (AvgIpc) is 2.24. The Balaban J connectivity index is 4.23. The van der Waals surface area contributed by atoms with Crippen molar-refractivity contribution in [2.75, 3.05) is 31.6 Å². The highest BCUT2D eigenvalue weighted by Gasteiger charge is 2.16. The van der Waals surface area contributed by atoms with Crippen molar-refractivity contribution in [3.05, 3.63) is 0 Å². The number of hydrogen-bond donors (Lipinski definition) is 1. The highest BCUT2D eigenvalue weighted by molar-refractivity contribution is 7.89. The predicted molar refractivity (Wildman–Crippen MR) is 73.4 cm³/mol. The van der Waals surface area contributed by atoms with E-state index in [2.05, 4.69) is 4.72 Å². The molecule has 18 heavy (non-hydrogen) atoms. The molecule has 0 amide bonds. The lowest BCUT2D eigenvalue weighted by Gasteiger charge is -2.19. The zero-order valence-corrected chi connectivity index (χ0v) is 13.0. The monoisotopic (exact) mass is 300 g/mol. The van der Waals surface area contributed by atoms with E-state index in [1.165, 1.54) is 4.31 Å². The van der Waals surface area contributed by atoms with E-state index in [1.54, 1.807) is 0 Å². The molecule has 6 nitrogen and oxygen atoms in total. The standard InChI is InChI=1S/C10H24N2O4S2/c1-4-6-10-18(15,16)11-7-9-12(8-5-2)17(3,13)14/h11H,4-10H2,1-3H3. The molecule has 1 N–H and O–H groups in total. The molecule has 0 heterocycles. The molecule has 0 aromatic carbocycles. The van der Waals surface area contributed by atoms with Crippen LogP contribution in [0.1, 0.15) is 33.1 Å². The molecule has 0 atom stereocenters. The lowest BCUT2D eigenvalue weighted by atomic mass is 10.4. The van der Waals surface area contributed by atoms with Crippen molar-refractivity contribution in [2.45, 2.75) is 33.1 Å². The summed E-state index contributed by atoms with van der Waals surface area (Å²) in [6.07, 6.45) is 3.26. The van der Waals surface area contributed by atoms with Crippen LogP contribution in [0.3, 0.4) is 0 Å². The third-order valence-electron chi connectivity index (χ3n) is 2.39. The molecule has 0 bridgehead atoms. The lowest BCUT2D eigenvalue weighted by Crippen LogP contribution is -2.39. The molecule has 110 valence electrons. The van der Waals surface area contributed by atoms with Gasteiger partial charge in [0.2, 0.25) is 20.0 Å². The maximum absolute atomic E-state index is 11.5. The Hall–Kier alpha value is -0.180. The predicted octanol–water partition coefficient (Wildman–Crippen LogP) is 0.378. The number of hydrogen-bond acceptors (Lipinski definition) is 4. The van der Waals surface area contributed by atoms with Crippen molar-refractivity contribution in [1.82, 2.24) is 9.03 Å². The molecule has 8 heteroatoms. The second-order valence-electron chi connectivity index (χ2n) is 4.23. The number of nitrogens with one attached hydrogen (secondary N) is 1. The Morgan fingerprint density at radius 3 is 2.06 bits per heavy atom. The van der Waals surface area contributed by atoms with Crippen LogP contribution in [0.4, 0.5) is 0 Å². The Morgan fingerprint density at radius 1 is 1.00 bits per heavy atom. The van der Waals surface area contributed by atoms with Crippen LogP contribution in [0.15, 0.2) is 0 Å². The molecule has 0 saturated carbocycles. The van der Waals surface area contributed by atoms with E-state index >= 15 is 0 Å². The van der Waals surface area contributed by atoms with Crippen molar-refractivity contribution in [2.24, 2.45) is 0 Å². The normalized spacial score (nSPS) is 13.1. The van der Waals surface area contributed by atoms with Gasteiger partial charge in [0.05, 0.1) is 12.0 Å². The lowest BCUT2D eigenvalue weighted by molar-refractivity contribution is 0.416. The van der Waals surface area contributed by atoms with Gasteiger partial charge in [-0.05, 0) is 12.8 Å². The summed E-state index contributed by atoms with van der Waals surface area (Å²) in [4.78, 5) is 0. The first-order valence-electron chi connectivity index (χ1n) is 6.15. The number of nitrogens with zero attached hydrogens (tertiary/aromatic N) is 1. The smallest absolute Gasteiger partial charge is 0.211 e. The van der Waals surface area contributed by atoms with E-state index in [-0.39, 0.29) is 18.8 Å². The minimum Gasteiger partial charge on any atom is -0.214 e. The molecular formula is C10H24N2O4S2. The summed E-state index contributed by atoms with van der Waals surface area (Å²) in [6, 6.07) is 0. The summed E-state index contributed by atoms with van der Waals surface area (Å²) in [7, 11) is -6.53. The summed E-state index contributed by atoms with van der Waals surface area (Å²) in [5.74, 6) is 0.0934. The second-order valence-corrected chi connectivity index (χ2v) is 8.14. The Labute approximate surface area is 111 Å². The van der Waals surface area contributed by atoms with Crippen LogP contribution in [-0.4, -0.2) is 52.8 Å². The van der Waals surface area contributed by atoms with Crippen molar-refractivity contribution in [3.8, 4) is 0 Å². The molecule has 0 fully saturated rings. The van der Waals surface area contributed by atoms with Crippen molar-refractivity contribution >= 4 is 20.0 Å². The van der Waals surface area contributed by atoms with Crippen LogP contribution < -0.4 is 4.72 Å². The summed E-state index contributed by atoms with van der Waals surface area (Å²) < 4.78 is 49.5. The molecule has 0 unspecified atom stereocenters. The van der Waals surface area contributed by atoms with Crippen LogP contribution in [0.2, 0.25) is 0 Å². The fourth-order valence-electron chi connectivity index (χ4n) is 1.43. The van der Waals surface area contributed by atoms with Crippen molar-refractivity contribution < 1.29 is 16.8 Å². The van der Waals surface area contributed by atoms with Gasteiger partial charge >= 0.3 is 0 Å². The molecule has 0 spiro atoms. The van der Waals surface area contributed by atoms with E-state index in [0.29, 0.717) is 19.4 Å². The highest BCUT2D eigenvalue weighted by Crippen LogP contribution is 1.99. The Morgan fingerprint density at radius 2 is 1.61 bits per heavy atom. The molecule has 0 saturated heterocycles. The zero-order valence-electron chi connectivity index (χ0n) is 11.3. The molecule has 0 aromatic rings. The number of sulfonamides is 2. The van der Waals surface area contributed by atoms with Crippen LogP contribution in [0.5, 0.6) is 0 Å². The van der Waals surface area contributed by atoms with Crippen LogP contribution in [0.25, 0.3) is 0 Å². The highest BCUT2D eigenvalue weighted by atomic mass is 32.2. The largest absolute Gasteiger partial charge is 0.214 e. The van der Waals surface area contributed by atoms with E-state index in [1.807, 2.05) is 13.8 Å². The fraction of sp³-hybridized carbons (Fsp3) is 1.00. The molecule has 0 aromatic heterocycles. The van der Waals surface area contributed by atoms with Crippen molar-refractivity contribution in [3.63, 3.8) is 0 Å². The molecule has 0 radical (unpaired) electrons. The third kappa shape index (κ3) is 8.02. The molecule has 0 aliphatic heterocycles. The fourth-order valence-corrected chi connectivity index (χ4v) is 3.58. The maximum atomic E-state index is 11.5. The maximum Gasteiger partial charge on any atom is 0.211 e. The third-order valence-corrected chi connectivity index (χ3v) is 5.17. The molecule has 0 aliphatic carbocycles. The minimum atomic E-state index is -3.27. The van der Waals surface area contributed by atoms with Gasteiger partial charge in [-0.25, -0.2) is 25.9 Å². The summed E-state index contributed by atoms with van der Waals surface area (Å²) in [6.45, 7) is 4.51. The van der Waals surface area contributed by atoms with Crippen LogP contribution >= 0.6 is 0 Å². The van der Waals surface area contributed by atoms with Gasteiger partial charge in [-0.3, -0.25) is 0 Å². The van der Waals surface area contributed by atoms with Gasteiger partial charge in [0.1, 0.15) is 0 Å². The summed E-state index contributed by atoms with van der Waals surface area (Å²) >= 11 is 0. The van der Waals surface area contributed by atoms with Crippen LogP contribution in [-0.2, 0) is 20.0 Å². The van der Waals surface area contributed by atoms with E-state index in [9.17, 15) is 16.8 Å². The first-order valence-corrected chi connectivity index (χ1v) is 9.65. The van der Waals surface area contributed by atoms with E-state index < -0.39 is 20.0 Å². The number of rotatable bonds is 10. The molecule has 0 aliphatic rings. The van der Waals surface area contributed by atoms with Crippen LogP contribution in [0, 0.1) is 0 Å². The average molecular weight is 300 g/mol. The van der Waals surface area contributed by atoms with Gasteiger partial charge in [-0.15, -0.1) is 0 Å². The van der Waals surface area contributed by atoms with Gasteiger partial charge in [0.15, 0.2) is 0 Å². The molecule has 0 rings (SSSR count). The SMILES string of the molecule is CCCCS(=O)(=O)NCCN(CCC)S(C)(=O)=O. The van der Waals surface area contributed by atoms with Gasteiger partial charge in [0.25, 0.3) is 0 Å². The number of unbranched alkanes of at least 4 members (excludes halogenated alkanes) is 1. The first-order chi connectivity index (χ1) is 8.23. The quantitative estimate of drug-likeness (QED) is 0.632. The zero-order chi connectivity index (χ0) is 14.2.